The Labute approximate surface area is 301 Å². The van der Waals surface area contributed by atoms with Crippen molar-refractivity contribution in [2.24, 2.45) is 0 Å². The Bertz CT molecular complexity index is 2400. The smallest absolute Gasteiger partial charge is 0.215 e. The first-order chi connectivity index (χ1) is 23.2. The van der Waals surface area contributed by atoms with Gasteiger partial charge in [0.15, 0.2) is 0 Å². The summed E-state index contributed by atoms with van der Waals surface area (Å²) in [5.41, 5.74) is 10.5. The van der Waals surface area contributed by atoms with Crippen LogP contribution in [0.25, 0.3) is 61.4 Å². The van der Waals surface area contributed by atoms with Crippen LogP contribution >= 0.6 is 0 Å². The predicted octanol–water partition coefficient (Wildman–Crippen LogP) is 9.45. The van der Waals surface area contributed by atoms with Crippen molar-refractivity contribution < 1.29 is 24.5 Å². The molecule has 0 unspecified atom stereocenters. The van der Waals surface area contributed by atoms with Gasteiger partial charge in [-0.25, -0.2) is 4.98 Å². The number of pyridine rings is 3. The number of hydrogen-bond donors (Lipinski definition) is 0. The van der Waals surface area contributed by atoms with E-state index >= 15 is 0 Å². The van der Waals surface area contributed by atoms with E-state index in [1.807, 2.05) is 80.7 Å². The van der Waals surface area contributed by atoms with Gasteiger partial charge >= 0.3 is 0 Å². The minimum atomic E-state index is -1.30. The van der Waals surface area contributed by atoms with Crippen molar-refractivity contribution in [1.82, 2.24) is 24.5 Å². The van der Waals surface area contributed by atoms with Gasteiger partial charge in [-0.15, -0.1) is 53.6 Å². The van der Waals surface area contributed by atoms with E-state index in [9.17, 15) is 0 Å². The Morgan fingerprint density at radius 2 is 1.55 bits per heavy atom. The maximum Gasteiger partial charge on any atom is 0.215 e. The van der Waals surface area contributed by atoms with Crippen LogP contribution in [0.3, 0.4) is 0 Å². The maximum absolute atomic E-state index is 6.02. The Hall–Kier alpha value is -4.75. The molecule has 8 heteroatoms. The topological polar surface area (TPSA) is 69.6 Å². The molecule has 0 N–H and O–H groups in total. The van der Waals surface area contributed by atoms with Crippen LogP contribution in [0.2, 0.25) is 19.6 Å². The van der Waals surface area contributed by atoms with Crippen molar-refractivity contribution in [2.45, 2.75) is 46.8 Å². The molecule has 6 nitrogen and oxygen atoms in total. The Balaban J connectivity index is 0.000000189. The number of furan rings is 1. The molecule has 0 saturated carbocycles. The number of imidazole rings is 1. The molecule has 0 spiro atoms. The third-order valence-corrected chi connectivity index (χ3v) is 10.6. The van der Waals surface area contributed by atoms with Crippen LogP contribution in [0.1, 0.15) is 23.9 Å². The molecular formula is C41H37IrN5OSi-2. The van der Waals surface area contributed by atoms with Gasteiger partial charge in [0.05, 0.1) is 36.7 Å². The Morgan fingerprint density at radius 1 is 0.776 bits per heavy atom. The number of fused-ring (bicyclic) bond motifs is 4. The molecule has 0 amide bonds. The normalized spacial score (nSPS) is 11.4. The van der Waals surface area contributed by atoms with E-state index in [1.54, 1.807) is 0 Å². The van der Waals surface area contributed by atoms with E-state index in [-0.39, 0.29) is 20.1 Å². The Morgan fingerprint density at radius 3 is 2.29 bits per heavy atom. The van der Waals surface area contributed by atoms with E-state index in [2.05, 4.69) is 94.7 Å². The van der Waals surface area contributed by atoms with Crippen LogP contribution in [0.5, 0.6) is 0 Å². The average molecular weight is 836 g/mol. The van der Waals surface area contributed by atoms with Gasteiger partial charge in [-0.2, -0.15) is 0 Å². The molecule has 0 aliphatic heterocycles. The number of rotatable bonds is 5. The van der Waals surface area contributed by atoms with Gasteiger partial charge in [0, 0.05) is 48.8 Å². The van der Waals surface area contributed by atoms with Gasteiger partial charge < -0.3 is 14.0 Å². The van der Waals surface area contributed by atoms with Gasteiger partial charge in [-0.3, -0.25) is 9.97 Å². The summed E-state index contributed by atoms with van der Waals surface area (Å²) in [6.07, 6.45) is 5.03. The van der Waals surface area contributed by atoms with Gasteiger partial charge in [0.25, 0.3) is 0 Å². The molecule has 49 heavy (non-hydrogen) atoms. The number of aryl methyl sites for hydroxylation is 3. The number of aromatic nitrogens is 5. The zero-order chi connectivity index (χ0) is 33.4. The first-order valence-electron chi connectivity index (χ1n) is 16.3. The molecule has 0 bridgehead atoms. The molecule has 0 aliphatic carbocycles. The monoisotopic (exact) mass is 836 g/mol. The molecule has 0 aliphatic rings. The van der Waals surface area contributed by atoms with Crippen molar-refractivity contribution in [1.29, 1.82) is 0 Å². The zero-order valence-electron chi connectivity index (χ0n) is 28.5. The van der Waals surface area contributed by atoms with Crippen LogP contribution < -0.4 is 5.19 Å². The minimum Gasteiger partial charge on any atom is -0.459 e. The number of hydrogen-bond acceptors (Lipinski definition) is 5. The fourth-order valence-corrected chi connectivity index (χ4v) is 7.74. The summed E-state index contributed by atoms with van der Waals surface area (Å²) in [6, 6.07) is 37.3. The van der Waals surface area contributed by atoms with Crippen molar-refractivity contribution in [3.05, 3.63) is 132 Å². The summed E-state index contributed by atoms with van der Waals surface area (Å²) < 4.78 is 8.13. The largest absolute Gasteiger partial charge is 0.459 e. The minimum absolute atomic E-state index is 0. The third kappa shape index (κ3) is 6.90. The second-order valence-corrected chi connectivity index (χ2v) is 18.1. The van der Waals surface area contributed by atoms with E-state index in [1.165, 1.54) is 10.8 Å². The molecule has 0 atom stereocenters. The molecule has 8 rings (SSSR count). The maximum atomic E-state index is 6.02. The molecule has 8 aromatic rings. The van der Waals surface area contributed by atoms with Gasteiger partial charge in [-0.05, 0) is 55.4 Å². The van der Waals surface area contributed by atoms with Crippen LogP contribution in [-0.4, -0.2) is 32.6 Å². The summed E-state index contributed by atoms with van der Waals surface area (Å²) in [7, 11) is -1.30. The van der Waals surface area contributed by atoms with Gasteiger partial charge in [-0.1, -0.05) is 73.9 Å². The molecule has 3 aromatic carbocycles. The molecule has 1 radical (unpaired) electrons. The summed E-state index contributed by atoms with van der Waals surface area (Å²) in [4.78, 5) is 18.6. The van der Waals surface area contributed by atoms with Gasteiger partial charge in [0.1, 0.15) is 0 Å². The first kappa shape index (κ1) is 34.1. The zero-order valence-corrected chi connectivity index (χ0v) is 31.9. The number of benzene rings is 3. The van der Waals surface area contributed by atoms with Crippen LogP contribution in [0.4, 0.5) is 0 Å². The fraction of sp³-hybridized carbons (Fsp3) is 0.171. The molecule has 0 saturated heterocycles. The summed E-state index contributed by atoms with van der Waals surface area (Å²) in [6.45, 7) is 13.3. The SMILES string of the molecule is CCc1cc(-c2[c-]cccc2)ncc1[Si](C)(C)C.Cc1cc2nc(-c3[c-]c4oc5nc(C)ccc5c4cc3)n(-c3ccccc3)c2cn1.[Ir]. The van der Waals surface area contributed by atoms with Crippen molar-refractivity contribution >= 4 is 46.4 Å². The number of para-hydroxylation sites is 1. The van der Waals surface area contributed by atoms with Crippen molar-refractivity contribution in [2.75, 3.05) is 0 Å². The molecule has 5 heterocycles. The van der Waals surface area contributed by atoms with Crippen molar-refractivity contribution in [3.63, 3.8) is 0 Å². The quantitative estimate of drug-likeness (QED) is 0.128. The number of nitrogens with zero attached hydrogens (tertiary/aromatic N) is 5. The van der Waals surface area contributed by atoms with Crippen LogP contribution in [0, 0.1) is 26.0 Å². The molecule has 0 fully saturated rings. The molecule has 247 valence electrons. The average Bonchev–Trinajstić information content (AvgIpc) is 3.65. The van der Waals surface area contributed by atoms with Crippen LogP contribution in [0.15, 0.2) is 108 Å². The fourth-order valence-electron chi connectivity index (χ4n) is 6.07. The second-order valence-electron chi connectivity index (χ2n) is 13.0. The predicted molar refractivity (Wildman–Crippen MR) is 199 cm³/mol. The standard InChI is InChI=1S/C25H17N4O.C16H20NSi.Ir/c1-15-8-10-20-19-11-9-17(13-23(19)30-25(20)27-15)24-28-21-12-16(2)26-14-22(21)29(24)18-6-4-3-5-7-18;1-5-13-11-15(14-9-7-6-8-10-14)17-12-16(13)18(2,3)4;/h3-12,14H,1-2H3;6-9,11-12H,5H2,1-4H3;/q2*-1;. The van der Waals surface area contributed by atoms with Crippen molar-refractivity contribution in [3.8, 4) is 28.3 Å². The third-order valence-electron chi connectivity index (χ3n) is 8.49. The van der Waals surface area contributed by atoms with E-state index in [0.717, 1.165) is 67.9 Å². The van der Waals surface area contributed by atoms with Gasteiger partial charge in [0.2, 0.25) is 5.71 Å². The van der Waals surface area contributed by atoms with E-state index in [0.29, 0.717) is 11.3 Å². The summed E-state index contributed by atoms with van der Waals surface area (Å²) in [5.74, 6) is 0.801. The molecule has 5 aromatic heterocycles. The Kier molecular flexibility index (Phi) is 9.75. The summed E-state index contributed by atoms with van der Waals surface area (Å²) >= 11 is 0. The van der Waals surface area contributed by atoms with E-state index in [4.69, 9.17) is 9.40 Å². The second kappa shape index (κ2) is 14.0. The molecular weight excluding hydrogens is 799 g/mol. The first-order valence-corrected chi connectivity index (χ1v) is 19.8. The summed E-state index contributed by atoms with van der Waals surface area (Å²) in [5, 5.41) is 3.47. The van der Waals surface area contributed by atoms with Crippen LogP contribution in [-0.2, 0) is 26.5 Å². The van der Waals surface area contributed by atoms with E-state index < -0.39 is 8.07 Å².